The molecule has 1 heterocycles. The minimum atomic E-state index is -0.596. The van der Waals surface area contributed by atoms with Crippen molar-refractivity contribution in [3.05, 3.63) is 36.0 Å². The number of methoxy groups -OCH3 is 1. The number of ether oxygens (including phenoxy) is 1. The zero-order chi connectivity index (χ0) is 11.5. The van der Waals surface area contributed by atoms with Gasteiger partial charge in [-0.2, -0.15) is 0 Å². The zero-order valence-corrected chi connectivity index (χ0v) is 9.07. The highest BCUT2D eigenvalue weighted by molar-refractivity contribution is 5.80. The topological polar surface area (TPSA) is 68.1 Å². The Morgan fingerprint density at radius 1 is 1.50 bits per heavy atom. The average Bonchev–Trinajstić information content (AvgIpc) is 2.75. The predicted octanol–water partition coefficient (Wildman–Crippen LogP) is 1.21. The third-order valence-electron chi connectivity index (χ3n) is 2.58. The van der Waals surface area contributed by atoms with Crippen molar-refractivity contribution in [3.8, 4) is 0 Å². The van der Waals surface area contributed by atoms with Crippen LogP contribution in [-0.2, 0) is 16.0 Å². The molecule has 3 N–H and O–H groups in total. The Morgan fingerprint density at radius 2 is 2.31 bits per heavy atom. The van der Waals surface area contributed by atoms with Crippen molar-refractivity contribution < 1.29 is 9.53 Å². The Bertz CT molecular complexity index is 504. The van der Waals surface area contributed by atoms with E-state index in [2.05, 4.69) is 9.72 Å². The number of rotatable bonds is 3. The van der Waals surface area contributed by atoms with Crippen molar-refractivity contribution in [2.75, 3.05) is 7.11 Å². The van der Waals surface area contributed by atoms with Gasteiger partial charge in [0.2, 0.25) is 0 Å². The van der Waals surface area contributed by atoms with Crippen molar-refractivity contribution in [1.82, 2.24) is 4.98 Å². The van der Waals surface area contributed by atoms with E-state index < -0.39 is 6.04 Å². The van der Waals surface area contributed by atoms with Crippen LogP contribution < -0.4 is 5.73 Å². The fraction of sp³-hybridized carbons (Fsp3) is 0.250. The molecule has 0 aliphatic heterocycles. The Kier molecular flexibility index (Phi) is 2.92. The molecule has 1 aromatic carbocycles. The van der Waals surface area contributed by atoms with Crippen LogP contribution in [0.1, 0.15) is 5.56 Å². The number of carbonyl (C=O) groups is 1. The molecule has 2 aromatic rings. The second-order valence-corrected chi connectivity index (χ2v) is 3.73. The highest BCUT2D eigenvalue weighted by Crippen LogP contribution is 2.15. The molecule has 0 radical (unpaired) electrons. The van der Waals surface area contributed by atoms with E-state index in [1.54, 1.807) is 0 Å². The number of hydrogen-bond donors (Lipinski definition) is 2. The van der Waals surface area contributed by atoms with Gasteiger partial charge < -0.3 is 15.5 Å². The summed E-state index contributed by atoms with van der Waals surface area (Å²) in [6, 6.07) is 7.36. The van der Waals surface area contributed by atoms with Gasteiger partial charge in [-0.15, -0.1) is 0 Å². The molecule has 2 rings (SSSR count). The molecule has 0 aliphatic rings. The first kappa shape index (κ1) is 10.7. The number of H-pyrrole nitrogens is 1. The number of aromatic amines is 1. The van der Waals surface area contributed by atoms with Crippen molar-refractivity contribution in [3.63, 3.8) is 0 Å². The van der Waals surface area contributed by atoms with Gasteiger partial charge in [0.25, 0.3) is 0 Å². The quantitative estimate of drug-likeness (QED) is 0.761. The normalized spacial score (nSPS) is 12.6. The molecule has 0 bridgehead atoms. The molecule has 1 aromatic heterocycles. The Hall–Kier alpha value is -1.81. The van der Waals surface area contributed by atoms with Crippen LogP contribution in [-0.4, -0.2) is 24.1 Å². The number of esters is 1. The lowest BCUT2D eigenvalue weighted by atomic mass is 10.1. The average molecular weight is 218 g/mol. The third-order valence-corrected chi connectivity index (χ3v) is 2.58. The summed E-state index contributed by atoms with van der Waals surface area (Å²) in [6.07, 6.45) is 2.38. The predicted molar refractivity (Wildman–Crippen MR) is 62.0 cm³/mol. The van der Waals surface area contributed by atoms with Crippen LogP contribution in [0.5, 0.6) is 0 Å². The molecule has 0 unspecified atom stereocenters. The Labute approximate surface area is 93.4 Å². The number of benzene rings is 1. The highest BCUT2D eigenvalue weighted by atomic mass is 16.5. The lowest BCUT2D eigenvalue weighted by molar-refractivity contribution is -0.142. The van der Waals surface area contributed by atoms with Gasteiger partial charge in [0.15, 0.2) is 0 Å². The highest BCUT2D eigenvalue weighted by Gasteiger charge is 2.14. The summed E-state index contributed by atoms with van der Waals surface area (Å²) in [5, 5.41) is 1.12. The van der Waals surface area contributed by atoms with Crippen LogP contribution in [0, 0.1) is 0 Å². The summed E-state index contributed by atoms with van der Waals surface area (Å²) in [4.78, 5) is 14.3. The van der Waals surface area contributed by atoms with Gasteiger partial charge in [-0.25, -0.2) is 0 Å². The van der Waals surface area contributed by atoms with Gasteiger partial charge in [0.1, 0.15) is 6.04 Å². The monoisotopic (exact) mass is 218 g/mol. The van der Waals surface area contributed by atoms with E-state index >= 15 is 0 Å². The van der Waals surface area contributed by atoms with Gasteiger partial charge in [0, 0.05) is 11.7 Å². The Morgan fingerprint density at radius 3 is 3.06 bits per heavy atom. The lowest BCUT2D eigenvalue weighted by Crippen LogP contribution is -2.33. The molecule has 0 spiro atoms. The molecular weight excluding hydrogens is 204 g/mol. The van der Waals surface area contributed by atoms with Gasteiger partial charge >= 0.3 is 5.97 Å². The number of hydrogen-bond acceptors (Lipinski definition) is 3. The smallest absolute Gasteiger partial charge is 0.322 e. The van der Waals surface area contributed by atoms with Gasteiger partial charge in [-0.3, -0.25) is 4.79 Å². The number of aromatic nitrogens is 1. The van der Waals surface area contributed by atoms with Crippen LogP contribution in [0.2, 0.25) is 0 Å². The maximum atomic E-state index is 11.2. The Balaban J connectivity index is 2.17. The zero-order valence-electron chi connectivity index (χ0n) is 9.07. The minimum absolute atomic E-state index is 0.380. The fourth-order valence-corrected chi connectivity index (χ4v) is 1.72. The van der Waals surface area contributed by atoms with Gasteiger partial charge in [0.05, 0.1) is 7.11 Å². The van der Waals surface area contributed by atoms with Gasteiger partial charge in [-0.05, 0) is 35.6 Å². The van der Waals surface area contributed by atoms with Crippen molar-refractivity contribution in [1.29, 1.82) is 0 Å². The summed E-state index contributed by atoms with van der Waals surface area (Å²) in [5.41, 5.74) is 7.81. The molecule has 16 heavy (non-hydrogen) atoms. The summed E-state index contributed by atoms with van der Waals surface area (Å²) >= 11 is 0. The van der Waals surface area contributed by atoms with Crippen LogP contribution in [0.15, 0.2) is 30.5 Å². The minimum Gasteiger partial charge on any atom is -0.468 e. The number of nitrogens with one attached hydrogen (secondary N) is 1. The van der Waals surface area contributed by atoms with E-state index in [0.29, 0.717) is 6.42 Å². The maximum Gasteiger partial charge on any atom is 0.322 e. The SMILES string of the molecule is COC(=O)[C@@H](N)Cc1ccc2[nH]ccc2c1. The van der Waals surface area contributed by atoms with Crippen molar-refractivity contribution in [2.45, 2.75) is 12.5 Å². The number of carbonyl (C=O) groups excluding carboxylic acids is 1. The van der Waals surface area contributed by atoms with E-state index in [-0.39, 0.29) is 5.97 Å². The molecule has 1 atom stereocenters. The largest absolute Gasteiger partial charge is 0.468 e. The van der Waals surface area contributed by atoms with E-state index in [0.717, 1.165) is 16.5 Å². The standard InChI is InChI=1S/C12H14N2O2/c1-16-12(15)10(13)7-8-2-3-11-9(6-8)4-5-14-11/h2-6,10,14H,7,13H2,1H3/t10-/m0/s1. The van der Waals surface area contributed by atoms with Crippen LogP contribution in [0.3, 0.4) is 0 Å². The van der Waals surface area contributed by atoms with E-state index in [1.807, 2.05) is 30.5 Å². The molecule has 4 heteroatoms. The molecule has 0 amide bonds. The van der Waals surface area contributed by atoms with Gasteiger partial charge in [-0.1, -0.05) is 6.07 Å². The fourth-order valence-electron chi connectivity index (χ4n) is 1.72. The molecule has 0 saturated carbocycles. The van der Waals surface area contributed by atoms with E-state index in [1.165, 1.54) is 7.11 Å². The van der Waals surface area contributed by atoms with Crippen LogP contribution in [0.25, 0.3) is 10.9 Å². The number of fused-ring (bicyclic) bond motifs is 1. The van der Waals surface area contributed by atoms with E-state index in [4.69, 9.17) is 5.73 Å². The first-order chi connectivity index (χ1) is 7.70. The molecule has 0 fully saturated rings. The van der Waals surface area contributed by atoms with Crippen molar-refractivity contribution in [2.24, 2.45) is 5.73 Å². The summed E-state index contributed by atoms with van der Waals surface area (Å²) in [5.74, 6) is -0.380. The third kappa shape index (κ3) is 2.06. The molecule has 0 aliphatic carbocycles. The summed E-state index contributed by atoms with van der Waals surface area (Å²) in [7, 11) is 1.34. The number of nitrogens with two attached hydrogens (primary N) is 1. The lowest BCUT2D eigenvalue weighted by Gasteiger charge is -2.08. The first-order valence-corrected chi connectivity index (χ1v) is 5.10. The molecular formula is C12H14N2O2. The first-order valence-electron chi connectivity index (χ1n) is 5.10. The molecule has 4 nitrogen and oxygen atoms in total. The van der Waals surface area contributed by atoms with Crippen LogP contribution >= 0.6 is 0 Å². The van der Waals surface area contributed by atoms with Crippen LogP contribution in [0.4, 0.5) is 0 Å². The second kappa shape index (κ2) is 4.37. The van der Waals surface area contributed by atoms with E-state index in [9.17, 15) is 4.79 Å². The molecule has 84 valence electrons. The summed E-state index contributed by atoms with van der Waals surface area (Å²) < 4.78 is 4.59. The summed E-state index contributed by atoms with van der Waals surface area (Å²) in [6.45, 7) is 0. The maximum absolute atomic E-state index is 11.2. The second-order valence-electron chi connectivity index (χ2n) is 3.73. The molecule has 0 saturated heterocycles. The van der Waals surface area contributed by atoms with Crippen molar-refractivity contribution >= 4 is 16.9 Å².